The van der Waals surface area contributed by atoms with Crippen LogP contribution in [0.15, 0.2) is 18.2 Å². The van der Waals surface area contributed by atoms with Crippen molar-refractivity contribution in [2.24, 2.45) is 5.73 Å². The van der Waals surface area contributed by atoms with Crippen molar-refractivity contribution in [1.29, 1.82) is 0 Å². The predicted molar refractivity (Wildman–Crippen MR) is 77.0 cm³/mol. The molecule has 0 aromatic heterocycles. The van der Waals surface area contributed by atoms with Crippen molar-refractivity contribution < 1.29 is 4.74 Å². The minimum Gasteiger partial charge on any atom is -0.496 e. The van der Waals surface area contributed by atoms with Crippen LogP contribution >= 0.6 is 0 Å². The maximum atomic E-state index is 5.50. The maximum Gasteiger partial charge on any atom is 0.122 e. The van der Waals surface area contributed by atoms with Gasteiger partial charge in [0.05, 0.1) is 7.11 Å². The predicted octanol–water partition coefficient (Wildman–Crippen LogP) is 2.43. The van der Waals surface area contributed by atoms with Gasteiger partial charge in [0, 0.05) is 6.54 Å². The Morgan fingerprint density at radius 1 is 1.28 bits per heavy atom. The minimum atomic E-state index is 0.788. The van der Waals surface area contributed by atoms with Gasteiger partial charge in [0.1, 0.15) is 5.75 Å². The zero-order chi connectivity index (χ0) is 13.4. The monoisotopic (exact) mass is 250 g/mol. The van der Waals surface area contributed by atoms with Gasteiger partial charge in [-0.15, -0.1) is 0 Å². The number of unbranched alkanes of at least 4 members (excludes halogenated alkanes) is 1. The highest BCUT2D eigenvalue weighted by molar-refractivity contribution is 5.37. The Morgan fingerprint density at radius 2 is 2.06 bits per heavy atom. The van der Waals surface area contributed by atoms with Gasteiger partial charge in [-0.05, 0) is 56.6 Å². The summed E-state index contributed by atoms with van der Waals surface area (Å²) in [7, 11) is 3.89. The molecular weight excluding hydrogens is 224 g/mol. The van der Waals surface area contributed by atoms with Crippen LogP contribution in [-0.4, -0.2) is 32.1 Å². The van der Waals surface area contributed by atoms with E-state index in [0.29, 0.717) is 0 Å². The standard InChI is InChI=1S/C15H26N2O/c1-4-14-11-13(7-8-15(14)18-3)12-17(2)10-6-5-9-16/h7-8,11H,4-6,9-10,12,16H2,1-3H3. The van der Waals surface area contributed by atoms with Crippen LogP contribution in [0.3, 0.4) is 0 Å². The van der Waals surface area contributed by atoms with E-state index in [-0.39, 0.29) is 0 Å². The number of nitrogens with two attached hydrogens (primary N) is 1. The van der Waals surface area contributed by atoms with Crippen molar-refractivity contribution in [2.75, 3.05) is 27.2 Å². The van der Waals surface area contributed by atoms with Crippen LogP contribution in [0.4, 0.5) is 0 Å². The summed E-state index contributed by atoms with van der Waals surface area (Å²) in [6, 6.07) is 6.47. The van der Waals surface area contributed by atoms with E-state index in [0.717, 1.165) is 38.2 Å². The number of rotatable bonds is 8. The van der Waals surface area contributed by atoms with Crippen molar-refractivity contribution in [3.05, 3.63) is 29.3 Å². The lowest BCUT2D eigenvalue weighted by molar-refractivity contribution is 0.319. The molecule has 0 saturated heterocycles. The average Bonchev–Trinajstić information content (AvgIpc) is 2.39. The second kappa shape index (κ2) is 8.11. The van der Waals surface area contributed by atoms with Crippen molar-refractivity contribution in [2.45, 2.75) is 32.7 Å². The highest BCUT2D eigenvalue weighted by Crippen LogP contribution is 2.21. The zero-order valence-corrected chi connectivity index (χ0v) is 11.9. The maximum absolute atomic E-state index is 5.50. The number of ether oxygens (including phenoxy) is 1. The number of nitrogens with zero attached hydrogens (tertiary/aromatic N) is 1. The first-order valence-corrected chi connectivity index (χ1v) is 6.75. The molecule has 3 nitrogen and oxygen atoms in total. The van der Waals surface area contributed by atoms with Crippen molar-refractivity contribution in [3.8, 4) is 5.75 Å². The Morgan fingerprint density at radius 3 is 2.67 bits per heavy atom. The summed E-state index contributed by atoms with van der Waals surface area (Å²) in [5, 5.41) is 0. The zero-order valence-electron chi connectivity index (χ0n) is 11.9. The summed E-state index contributed by atoms with van der Waals surface area (Å²) >= 11 is 0. The lowest BCUT2D eigenvalue weighted by atomic mass is 10.1. The Balaban J connectivity index is 2.56. The number of hydrogen-bond donors (Lipinski definition) is 1. The molecule has 1 aromatic carbocycles. The molecule has 0 heterocycles. The highest BCUT2D eigenvalue weighted by Gasteiger charge is 2.05. The highest BCUT2D eigenvalue weighted by atomic mass is 16.5. The molecule has 102 valence electrons. The quantitative estimate of drug-likeness (QED) is 0.720. The fraction of sp³-hybridized carbons (Fsp3) is 0.600. The molecule has 2 N–H and O–H groups in total. The van der Waals surface area contributed by atoms with Crippen LogP contribution in [-0.2, 0) is 13.0 Å². The van der Waals surface area contributed by atoms with Gasteiger partial charge < -0.3 is 15.4 Å². The van der Waals surface area contributed by atoms with Crippen molar-refractivity contribution in [3.63, 3.8) is 0 Å². The number of benzene rings is 1. The van der Waals surface area contributed by atoms with Crippen LogP contribution in [0, 0.1) is 0 Å². The molecule has 0 aliphatic heterocycles. The Hall–Kier alpha value is -1.06. The summed E-state index contributed by atoms with van der Waals surface area (Å²) in [6.07, 6.45) is 3.28. The average molecular weight is 250 g/mol. The first-order chi connectivity index (χ1) is 8.71. The van der Waals surface area contributed by atoms with Gasteiger partial charge in [0.2, 0.25) is 0 Å². The van der Waals surface area contributed by atoms with Crippen molar-refractivity contribution >= 4 is 0 Å². The summed E-state index contributed by atoms with van der Waals surface area (Å²) in [4.78, 5) is 2.34. The molecule has 0 amide bonds. The molecule has 0 aliphatic carbocycles. The van der Waals surface area contributed by atoms with Gasteiger partial charge in [-0.3, -0.25) is 0 Å². The van der Waals surface area contributed by atoms with Crippen molar-refractivity contribution in [1.82, 2.24) is 4.90 Å². The molecule has 0 radical (unpaired) electrons. The summed E-state index contributed by atoms with van der Waals surface area (Å²) in [6.45, 7) is 5.04. The number of aryl methyl sites for hydroxylation is 1. The van der Waals surface area contributed by atoms with E-state index in [2.05, 4.69) is 37.1 Å². The first kappa shape index (κ1) is 15.0. The molecule has 3 heteroatoms. The third-order valence-electron chi connectivity index (χ3n) is 3.17. The van der Waals surface area contributed by atoms with Crippen LogP contribution < -0.4 is 10.5 Å². The molecule has 0 bridgehead atoms. The molecular formula is C15H26N2O. The lowest BCUT2D eigenvalue weighted by Gasteiger charge is -2.17. The fourth-order valence-corrected chi connectivity index (χ4v) is 2.12. The van der Waals surface area contributed by atoms with E-state index in [1.54, 1.807) is 7.11 Å². The molecule has 18 heavy (non-hydrogen) atoms. The van der Waals surface area contributed by atoms with E-state index in [1.165, 1.54) is 17.5 Å². The molecule has 0 spiro atoms. The smallest absolute Gasteiger partial charge is 0.122 e. The van der Waals surface area contributed by atoms with Crippen LogP contribution in [0.1, 0.15) is 30.9 Å². The second-order valence-electron chi connectivity index (χ2n) is 4.73. The fourth-order valence-electron chi connectivity index (χ4n) is 2.12. The Labute approximate surface area is 111 Å². The van der Waals surface area contributed by atoms with Gasteiger partial charge >= 0.3 is 0 Å². The van der Waals surface area contributed by atoms with E-state index >= 15 is 0 Å². The molecule has 0 aliphatic rings. The molecule has 0 atom stereocenters. The first-order valence-electron chi connectivity index (χ1n) is 6.75. The van der Waals surface area contributed by atoms with E-state index in [4.69, 9.17) is 10.5 Å². The molecule has 1 rings (SSSR count). The van der Waals surface area contributed by atoms with Gasteiger partial charge in [-0.2, -0.15) is 0 Å². The third kappa shape index (κ3) is 4.67. The number of hydrogen-bond acceptors (Lipinski definition) is 3. The molecule has 1 aromatic rings. The number of methoxy groups -OCH3 is 1. The molecule has 0 unspecified atom stereocenters. The largest absolute Gasteiger partial charge is 0.496 e. The van der Waals surface area contributed by atoms with Crippen LogP contribution in [0.5, 0.6) is 5.75 Å². The van der Waals surface area contributed by atoms with Gasteiger partial charge in [-0.1, -0.05) is 19.1 Å². The summed E-state index contributed by atoms with van der Waals surface area (Å²) in [5.41, 5.74) is 8.14. The van der Waals surface area contributed by atoms with E-state index < -0.39 is 0 Å². The Kier molecular flexibility index (Phi) is 6.76. The molecule has 0 saturated carbocycles. The van der Waals surface area contributed by atoms with Gasteiger partial charge in [0.25, 0.3) is 0 Å². The topological polar surface area (TPSA) is 38.5 Å². The van der Waals surface area contributed by atoms with E-state index in [9.17, 15) is 0 Å². The lowest BCUT2D eigenvalue weighted by Crippen LogP contribution is -2.20. The minimum absolute atomic E-state index is 0.788. The molecule has 0 fully saturated rings. The van der Waals surface area contributed by atoms with E-state index in [1.807, 2.05) is 0 Å². The SMILES string of the molecule is CCc1cc(CN(C)CCCCN)ccc1OC. The summed E-state index contributed by atoms with van der Waals surface area (Å²) < 4.78 is 5.35. The van der Waals surface area contributed by atoms with Gasteiger partial charge in [0.15, 0.2) is 0 Å². The Bertz CT molecular complexity index is 352. The van der Waals surface area contributed by atoms with Crippen LogP contribution in [0.25, 0.3) is 0 Å². The normalized spacial score (nSPS) is 10.9. The second-order valence-corrected chi connectivity index (χ2v) is 4.73. The van der Waals surface area contributed by atoms with Gasteiger partial charge in [-0.25, -0.2) is 0 Å². The van der Waals surface area contributed by atoms with Crippen LogP contribution in [0.2, 0.25) is 0 Å². The summed E-state index contributed by atoms with van der Waals surface area (Å²) in [5.74, 6) is 0.993. The third-order valence-corrected chi connectivity index (χ3v) is 3.17.